The number of aromatic nitrogens is 6. The lowest BCUT2D eigenvalue weighted by Crippen LogP contribution is -2.38. The third-order valence-electron chi connectivity index (χ3n) is 7.23. The van der Waals surface area contributed by atoms with Crippen molar-refractivity contribution in [2.45, 2.75) is 39.8 Å². The van der Waals surface area contributed by atoms with Crippen molar-refractivity contribution < 1.29 is 13.2 Å². The van der Waals surface area contributed by atoms with E-state index in [2.05, 4.69) is 36.0 Å². The van der Waals surface area contributed by atoms with E-state index in [0.717, 1.165) is 79.6 Å². The smallest absolute Gasteiger partial charge is 0.220 e. The summed E-state index contributed by atoms with van der Waals surface area (Å²) in [6.45, 7) is 10.4. The fourth-order valence-electron chi connectivity index (χ4n) is 5.12. The first kappa shape index (κ1) is 26.7. The molecule has 3 N–H and O–H groups in total. The number of hydrogen-bond acceptors (Lipinski definition) is 11. The Morgan fingerprint density at radius 2 is 1.84 bits per heavy atom. The van der Waals surface area contributed by atoms with Crippen LogP contribution < -0.4 is 15.4 Å². The van der Waals surface area contributed by atoms with Crippen molar-refractivity contribution in [3.05, 3.63) is 17.7 Å². The maximum Gasteiger partial charge on any atom is 0.220 e. The highest BCUT2D eigenvalue weighted by Gasteiger charge is 2.26. The minimum atomic E-state index is -3.17. The van der Waals surface area contributed by atoms with Crippen molar-refractivity contribution in [3.8, 4) is 11.4 Å². The van der Waals surface area contributed by atoms with Gasteiger partial charge >= 0.3 is 0 Å². The first-order valence-electron chi connectivity index (χ1n) is 13.1. The second kappa shape index (κ2) is 11.0. The standard InChI is InChI=1S/C24H36N10O3S/c1-4-34-19(15-32-7-5-17(6-8-32)13-27-38(3,35)36)29-20-22(33-9-11-37-12-10-33)30-21(31-23(20)34)18-14-26-24(25)28-16(18)2/h14,17,27H,4-13,15H2,1-3H3,(H2,25,26,28). The van der Waals surface area contributed by atoms with E-state index in [-0.39, 0.29) is 5.95 Å². The van der Waals surface area contributed by atoms with E-state index >= 15 is 0 Å². The Bertz CT molecular complexity index is 1400. The first-order chi connectivity index (χ1) is 18.2. The topological polar surface area (TPSA) is 157 Å². The zero-order valence-electron chi connectivity index (χ0n) is 22.2. The molecule has 0 spiro atoms. The van der Waals surface area contributed by atoms with Gasteiger partial charge in [0.1, 0.15) is 5.82 Å². The Labute approximate surface area is 222 Å². The van der Waals surface area contributed by atoms with Gasteiger partial charge in [-0.15, -0.1) is 0 Å². The molecule has 2 aliphatic rings. The van der Waals surface area contributed by atoms with Gasteiger partial charge in [-0.1, -0.05) is 0 Å². The van der Waals surface area contributed by atoms with E-state index < -0.39 is 10.0 Å². The van der Waals surface area contributed by atoms with Crippen LogP contribution >= 0.6 is 0 Å². The van der Waals surface area contributed by atoms with E-state index in [0.29, 0.717) is 38.0 Å². The van der Waals surface area contributed by atoms with Crippen LogP contribution in [0.2, 0.25) is 0 Å². The lowest BCUT2D eigenvalue weighted by Gasteiger charge is -2.31. The van der Waals surface area contributed by atoms with E-state index in [1.54, 1.807) is 6.20 Å². The molecule has 206 valence electrons. The number of likely N-dealkylation sites (tertiary alicyclic amines) is 1. The molecule has 0 bridgehead atoms. The van der Waals surface area contributed by atoms with Crippen LogP contribution in [0.3, 0.4) is 0 Å². The van der Waals surface area contributed by atoms with Gasteiger partial charge in [-0.25, -0.2) is 38.1 Å². The van der Waals surface area contributed by atoms with Crippen molar-refractivity contribution in [2.24, 2.45) is 5.92 Å². The normalized spacial score (nSPS) is 17.9. The van der Waals surface area contributed by atoms with Crippen molar-refractivity contribution in [2.75, 3.05) is 62.8 Å². The van der Waals surface area contributed by atoms with E-state index in [9.17, 15) is 8.42 Å². The van der Waals surface area contributed by atoms with Crippen LogP contribution in [0.1, 0.15) is 31.3 Å². The van der Waals surface area contributed by atoms with Crippen molar-refractivity contribution in [1.29, 1.82) is 0 Å². The maximum absolute atomic E-state index is 11.5. The molecule has 38 heavy (non-hydrogen) atoms. The number of imidazole rings is 1. The SMILES string of the molecule is CCn1c(CN2CCC(CNS(C)(=O)=O)CC2)nc2c(N3CCOCC3)nc(-c3cnc(N)nc3C)nc21. The highest BCUT2D eigenvalue weighted by molar-refractivity contribution is 7.88. The maximum atomic E-state index is 11.5. The van der Waals surface area contributed by atoms with Crippen molar-refractivity contribution in [1.82, 2.24) is 39.1 Å². The molecule has 0 amide bonds. The van der Waals surface area contributed by atoms with Gasteiger partial charge in [0.25, 0.3) is 0 Å². The molecule has 0 atom stereocenters. The molecule has 0 aliphatic carbocycles. The third kappa shape index (κ3) is 5.87. The summed E-state index contributed by atoms with van der Waals surface area (Å²) in [6, 6.07) is 0. The van der Waals surface area contributed by atoms with E-state index in [1.165, 1.54) is 6.26 Å². The molecule has 14 heteroatoms. The Hall–Kier alpha value is -2.94. The molecule has 2 aliphatic heterocycles. The third-order valence-corrected chi connectivity index (χ3v) is 7.92. The zero-order valence-corrected chi connectivity index (χ0v) is 23.0. The zero-order chi connectivity index (χ0) is 26.9. The number of nitrogens with two attached hydrogens (primary N) is 1. The molecule has 2 saturated heterocycles. The van der Waals surface area contributed by atoms with Gasteiger partial charge < -0.3 is 19.9 Å². The molecule has 13 nitrogen and oxygen atoms in total. The number of nitrogens with zero attached hydrogens (tertiary/aromatic N) is 8. The molecular weight excluding hydrogens is 508 g/mol. The molecule has 3 aromatic heterocycles. The highest BCUT2D eigenvalue weighted by atomic mass is 32.2. The molecule has 0 radical (unpaired) electrons. The van der Waals surface area contributed by atoms with Crippen LogP contribution in [0.15, 0.2) is 6.20 Å². The van der Waals surface area contributed by atoms with Gasteiger partial charge in [0.2, 0.25) is 16.0 Å². The quantitative estimate of drug-likeness (QED) is 0.413. The van der Waals surface area contributed by atoms with Crippen LogP contribution in [-0.4, -0.2) is 95.0 Å². The summed E-state index contributed by atoms with van der Waals surface area (Å²) < 4.78 is 33.3. The summed E-state index contributed by atoms with van der Waals surface area (Å²) in [5.41, 5.74) is 8.83. The predicted molar refractivity (Wildman–Crippen MR) is 145 cm³/mol. The highest BCUT2D eigenvalue weighted by Crippen LogP contribution is 2.30. The fraction of sp³-hybridized carbons (Fsp3) is 0.625. The van der Waals surface area contributed by atoms with E-state index in [4.69, 9.17) is 25.4 Å². The number of nitrogens with one attached hydrogen (secondary N) is 1. The second-order valence-electron chi connectivity index (χ2n) is 9.98. The van der Waals surface area contributed by atoms with Crippen LogP contribution in [0.4, 0.5) is 11.8 Å². The number of anilines is 2. The molecule has 2 fully saturated rings. The first-order valence-corrected chi connectivity index (χ1v) is 15.0. The number of ether oxygens (including phenoxy) is 1. The van der Waals surface area contributed by atoms with E-state index in [1.807, 2.05) is 6.92 Å². The summed E-state index contributed by atoms with van der Waals surface area (Å²) in [6.07, 6.45) is 4.76. The predicted octanol–water partition coefficient (Wildman–Crippen LogP) is 0.792. The van der Waals surface area contributed by atoms with Gasteiger partial charge in [0, 0.05) is 32.4 Å². The Kier molecular flexibility index (Phi) is 7.75. The number of sulfonamides is 1. The molecule has 0 aromatic carbocycles. The molecular formula is C24H36N10O3S. The minimum Gasteiger partial charge on any atom is -0.378 e. The largest absolute Gasteiger partial charge is 0.378 e. The molecule has 0 saturated carbocycles. The molecule has 5 heterocycles. The van der Waals surface area contributed by atoms with Crippen molar-refractivity contribution in [3.63, 3.8) is 0 Å². The Morgan fingerprint density at radius 3 is 2.50 bits per heavy atom. The van der Waals surface area contributed by atoms with Gasteiger partial charge in [-0.3, -0.25) is 4.90 Å². The van der Waals surface area contributed by atoms with Gasteiger partial charge in [-0.05, 0) is 45.7 Å². The van der Waals surface area contributed by atoms with Crippen molar-refractivity contribution >= 4 is 33.0 Å². The Morgan fingerprint density at radius 1 is 1.11 bits per heavy atom. The monoisotopic (exact) mass is 544 g/mol. The summed E-state index contributed by atoms with van der Waals surface area (Å²) in [5, 5.41) is 0. The molecule has 0 unspecified atom stereocenters. The molecule has 3 aromatic rings. The summed E-state index contributed by atoms with van der Waals surface area (Å²) in [7, 11) is -3.17. The lowest BCUT2D eigenvalue weighted by molar-refractivity contribution is 0.122. The average molecular weight is 545 g/mol. The summed E-state index contributed by atoms with van der Waals surface area (Å²) in [4.78, 5) is 28.1. The number of morpholine rings is 1. The van der Waals surface area contributed by atoms with Crippen LogP contribution in [0.25, 0.3) is 22.6 Å². The second-order valence-corrected chi connectivity index (χ2v) is 11.8. The molecule has 5 rings (SSSR count). The van der Waals surface area contributed by atoms with Gasteiger partial charge in [-0.2, -0.15) is 0 Å². The number of hydrogen-bond donors (Lipinski definition) is 2. The number of fused-ring (bicyclic) bond motifs is 1. The van der Waals surface area contributed by atoms with Crippen LogP contribution in [0, 0.1) is 12.8 Å². The van der Waals surface area contributed by atoms with Crippen LogP contribution in [0.5, 0.6) is 0 Å². The number of nitrogen functional groups attached to an aromatic ring is 1. The average Bonchev–Trinajstić information content (AvgIpc) is 3.24. The minimum absolute atomic E-state index is 0.220. The van der Waals surface area contributed by atoms with Gasteiger partial charge in [0.05, 0.1) is 37.3 Å². The summed E-state index contributed by atoms with van der Waals surface area (Å²) in [5.74, 6) is 2.86. The Balaban J connectivity index is 1.46. The number of rotatable bonds is 8. The van der Waals surface area contributed by atoms with Crippen LogP contribution in [-0.2, 0) is 27.8 Å². The number of aryl methyl sites for hydroxylation is 2. The van der Waals surface area contributed by atoms with Gasteiger partial charge in [0.15, 0.2) is 22.8 Å². The summed E-state index contributed by atoms with van der Waals surface area (Å²) >= 11 is 0. The number of piperidine rings is 1. The fourth-order valence-corrected chi connectivity index (χ4v) is 5.66. The lowest BCUT2D eigenvalue weighted by atomic mass is 9.97.